The van der Waals surface area contributed by atoms with Crippen LogP contribution in [0.5, 0.6) is 5.75 Å². The van der Waals surface area contributed by atoms with E-state index in [9.17, 15) is 4.79 Å². The molecule has 1 amide bonds. The first kappa shape index (κ1) is 15.6. The molecule has 0 aromatic heterocycles. The number of ether oxygens (including phenoxy) is 1. The Morgan fingerprint density at radius 3 is 2.39 bits per heavy atom. The number of nitrogens with zero attached hydrogens (tertiary/aromatic N) is 1. The first-order valence-corrected chi connectivity index (χ1v) is 8.00. The normalized spacial score (nSPS) is 18.4. The molecule has 120 valence electrons. The topological polar surface area (TPSA) is 41.6 Å². The number of amides is 1. The van der Waals surface area contributed by atoms with Crippen LogP contribution >= 0.6 is 0 Å². The van der Waals surface area contributed by atoms with Crippen LogP contribution in [0.3, 0.4) is 0 Å². The smallest absolute Gasteiger partial charge is 0.268 e. The Hall–Kier alpha value is -2.33. The predicted molar refractivity (Wildman–Crippen MR) is 90.3 cm³/mol. The van der Waals surface area contributed by atoms with E-state index in [1.54, 1.807) is 0 Å². The standard InChI is InChI=1S/C19H22N2O2/c1-21(16-12-13-20-14-16)19(22)18(15-8-4-2-5-9-15)23-17-10-6-3-7-11-17/h2-11,16,18,20H,12-14H2,1H3. The van der Waals surface area contributed by atoms with Crippen molar-refractivity contribution in [2.75, 3.05) is 20.1 Å². The second kappa shape index (κ2) is 7.29. The van der Waals surface area contributed by atoms with Gasteiger partial charge in [-0.15, -0.1) is 0 Å². The molecule has 1 aliphatic heterocycles. The van der Waals surface area contributed by atoms with Gasteiger partial charge in [-0.25, -0.2) is 0 Å². The van der Waals surface area contributed by atoms with E-state index in [4.69, 9.17) is 4.74 Å². The summed E-state index contributed by atoms with van der Waals surface area (Å²) in [4.78, 5) is 14.8. The molecule has 1 saturated heterocycles. The first-order valence-electron chi connectivity index (χ1n) is 8.00. The zero-order valence-electron chi connectivity index (χ0n) is 13.3. The van der Waals surface area contributed by atoms with Gasteiger partial charge in [-0.1, -0.05) is 48.5 Å². The number of para-hydroxylation sites is 1. The van der Waals surface area contributed by atoms with E-state index < -0.39 is 6.10 Å². The molecule has 0 saturated carbocycles. The summed E-state index contributed by atoms with van der Waals surface area (Å²) in [7, 11) is 1.87. The van der Waals surface area contributed by atoms with Crippen LogP contribution in [0.25, 0.3) is 0 Å². The van der Waals surface area contributed by atoms with Crippen molar-refractivity contribution in [1.29, 1.82) is 0 Å². The Morgan fingerprint density at radius 2 is 1.78 bits per heavy atom. The summed E-state index contributed by atoms with van der Waals surface area (Å²) in [6, 6.07) is 19.4. The first-order chi connectivity index (χ1) is 11.3. The average Bonchev–Trinajstić information content (AvgIpc) is 3.15. The Bertz CT molecular complexity index is 624. The molecule has 1 aliphatic rings. The van der Waals surface area contributed by atoms with Gasteiger partial charge in [-0.3, -0.25) is 4.79 Å². The highest BCUT2D eigenvalue weighted by molar-refractivity contribution is 5.82. The van der Waals surface area contributed by atoms with Gasteiger partial charge in [-0.2, -0.15) is 0 Å². The predicted octanol–water partition coefficient (Wildman–Crippen LogP) is 2.63. The summed E-state index contributed by atoms with van der Waals surface area (Å²) in [5.74, 6) is 0.696. The van der Waals surface area contributed by atoms with Crippen LogP contribution in [0.1, 0.15) is 18.1 Å². The van der Waals surface area contributed by atoms with Crippen molar-refractivity contribution in [3.63, 3.8) is 0 Å². The van der Waals surface area contributed by atoms with Crippen LogP contribution in [0.2, 0.25) is 0 Å². The minimum Gasteiger partial charge on any atom is -0.476 e. The lowest BCUT2D eigenvalue weighted by Gasteiger charge is -2.29. The molecule has 2 aromatic carbocycles. The van der Waals surface area contributed by atoms with Gasteiger partial charge in [-0.05, 0) is 25.1 Å². The second-order valence-corrected chi connectivity index (χ2v) is 5.82. The molecular formula is C19H22N2O2. The Labute approximate surface area is 137 Å². The molecule has 4 nitrogen and oxygen atoms in total. The highest BCUT2D eigenvalue weighted by Crippen LogP contribution is 2.24. The molecule has 2 atom stereocenters. The third-order valence-electron chi connectivity index (χ3n) is 4.25. The summed E-state index contributed by atoms with van der Waals surface area (Å²) in [6.07, 6.45) is 0.360. The number of hydrogen-bond acceptors (Lipinski definition) is 3. The number of hydrogen-bond donors (Lipinski definition) is 1. The van der Waals surface area contributed by atoms with Crippen LogP contribution in [0.4, 0.5) is 0 Å². The van der Waals surface area contributed by atoms with Gasteiger partial charge >= 0.3 is 0 Å². The van der Waals surface area contributed by atoms with E-state index >= 15 is 0 Å². The van der Waals surface area contributed by atoms with Crippen molar-refractivity contribution < 1.29 is 9.53 Å². The lowest BCUT2D eigenvalue weighted by atomic mass is 10.1. The Balaban J connectivity index is 1.83. The fraction of sp³-hybridized carbons (Fsp3) is 0.316. The molecule has 2 aromatic rings. The maximum Gasteiger partial charge on any atom is 0.268 e. The monoisotopic (exact) mass is 310 g/mol. The van der Waals surface area contributed by atoms with Crippen LogP contribution < -0.4 is 10.1 Å². The molecule has 1 heterocycles. The number of rotatable bonds is 5. The van der Waals surface area contributed by atoms with Crippen LogP contribution in [0, 0.1) is 0 Å². The van der Waals surface area contributed by atoms with Crippen molar-refractivity contribution in [2.45, 2.75) is 18.6 Å². The van der Waals surface area contributed by atoms with E-state index in [-0.39, 0.29) is 11.9 Å². The summed E-state index contributed by atoms with van der Waals surface area (Å²) in [5, 5.41) is 3.30. The number of benzene rings is 2. The lowest BCUT2D eigenvalue weighted by Crippen LogP contribution is -2.42. The average molecular weight is 310 g/mol. The van der Waals surface area contributed by atoms with Gasteiger partial charge < -0.3 is 15.0 Å². The minimum atomic E-state index is -0.621. The molecule has 1 N–H and O–H groups in total. The van der Waals surface area contributed by atoms with E-state index in [1.807, 2.05) is 72.6 Å². The van der Waals surface area contributed by atoms with Crippen molar-refractivity contribution >= 4 is 5.91 Å². The molecule has 3 rings (SSSR count). The highest BCUT2D eigenvalue weighted by atomic mass is 16.5. The largest absolute Gasteiger partial charge is 0.476 e. The summed E-state index contributed by atoms with van der Waals surface area (Å²) in [6.45, 7) is 1.80. The molecular weight excluding hydrogens is 288 g/mol. The summed E-state index contributed by atoms with van der Waals surface area (Å²) < 4.78 is 6.03. The zero-order chi connectivity index (χ0) is 16.1. The van der Waals surface area contributed by atoms with Gasteiger partial charge in [0.25, 0.3) is 5.91 Å². The van der Waals surface area contributed by atoms with E-state index in [0.29, 0.717) is 5.75 Å². The number of nitrogens with one attached hydrogen (secondary N) is 1. The molecule has 0 bridgehead atoms. The van der Waals surface area contributed by atoms with E-state index in [1.165, 1.54) is 0 Å². The van der Waals surface area contributed by atoms with Crippen molar-refractivity contribution in [3.8, 4) is 5.75 Å². The molecule has 23 heavy (non-hydrogen) atoms. The molecule has 1 fully saturated rings. The molecule has 4 heteroatoms. The number of likely N-dealkylation sites (N-methyl/N-ethyl adjacent to an activating group) is 1. The maximum atomic E-state index is 13.0. The van der Waals surface area contributed by atoms with Crippen LogP contribution in [-0.4, -0.2) is 37.0 Å². The van der Waals surface area contributed by atoms with Crippen molar-refractivity contribution in [1.82, 2.24) is 10.2 Å². The van der Waals surface area contributed by atoms with Gasteiger partial charge in [0.1, 0.15) is 5.75 Å². The minimum absolute atomic E-state index is 0.00578. The fourth-order valence-corrected chi connectivity index (χ4v) is 2.86. The number of carbonyl (C=O) groups excluding carboxylic acids is 1. The lowest BCUT2D eigenvalue weighted by molar-refractivity contribution is -0.139. The quantitative estimate of drug-likeness (QED) is 0.923. The van der Waals surface area contributed by atoms with Gasteiger partial charge in [0, 0.05) is 25.2 Å². The number of carbonyl (C=O) groups is 1. The third-order valence-corrected chi connectivity index (χ3v) is 4.25. The van der Waals surface area contributed by atoms with E-state index in [2.05, 4.69) is 5.32 Å². The molecule has 0 aliphatic carbocycles. The highest BCUT2D eigenvalue weighted by Gasteiger charge is 2.31. The van der Waals surface area contributed by atoms with E-state index in [0.717, 1.165) is 25.1 Å². The van der Waals surface area contributed by atoms with Crippen LogP contribution in [-0.2, 0) is 4.79 Å². The van der Waals surface area contributed by atoms with Crippen LogP contribution in [0.15, 0.2) is 60.7 Å². The fourth-order valence-electron chi connectivity index (χ4n) is 2.86. The van der Waals surface area contributed by atoms with Crippen molar-refractivity contribution in [3.05, 3.63) is 66.2 Å². The maximum absolute atomic E-state index is 13.0. The molecule has 0 spiro atoms. The second-order valence-electron chi connectivity index (χ2n) is 5.82. The SMILES string of the molecule is CN(C(=O)C(Oc1ccccc1)c1ccccc1)C1CCNC1. The molecule has 0 radical (unpaired) electrons. The Kier molecular flexibility index (Phi) is 4.93. The summed E-state index contributed by atoms with van der Waals surface area (Å²) >= 11 is 0. The zero-order valence-corrected chi connectivity index (χ0v) is 13.3. The third kappa shape index (κ3) is 3.71. The van der Waals surface area contributed by atoms with Crippen molar-refractivity contribution in [2.24, 2.45) is 0 Å². The van der Waals surface area contributed by atoms with Gasteiger partial charge in [0.05, 0.1) is 0 Å². The summed E-state index contributed by atoms with van der Waals surface area (Å²) in [5.41, 5.74) is 0.874. The van der Waals surface area contributed by atoms with Gasteiger partial charge in [0.15, 0.2) is 0 Å². The Morgan fingerprint density at radius 1 is 1.13 bits per heavy atom. The molecule has 2 unspecified atom stereocenters. The van der Waals surface area contributed by atoms with Gasteiger partial charge in [0.2, 0.25) is 6.10 Å².